The summed E-state index contributed by atoms with van der Waals surface area (Å²) in [4.78, 5) is 35.4. The molecule has 1 fully saturated rings. The highest BCUT2D eigenvalue weighted by Gasteiger charge is 2.26. The van der Waals surface area contributed by atoms with Gasteiger partial charge < -0.3 is 21.1 Å². The summed E-state index contributed by atoms with van der Waals surface area (Å²) in [6.07, 6.45) is 2.47. The number of nitrogens with one attached hydrogen (secondary N) is 3. The number of aliphatic carboxylic acids is 1. The van der Waals surface area contributed by atoms with Crippen LogP contribution in [0.4, 0.5) is 16.2 Å². The molecule has 7 nitrogen and oxygen atoms in total. The van der Waals surface area contributed by atoms with Crippen LogP contribution in [0, 0.1) is 18.3 Å². The average Bonchev–Trinajstić information content (AvgIpc) is 2.57. The van der Waals surface area contributed by atoms with Gasteiger partial charge in [-0.1, -0.05) is 26.8 Å². The molecule has 3 amide bonds. The Morgan fingerprint density at radius 3 is 2.22 bits per heavy atom. The molecule has 0 bridgehead atoms. The van der Waals surface area contributed by atoms with Gasteiger partial charge in [-0.15, -0.1) is 0 Å². The first-order valence-corrected chi connectivity index (χ1v) is 9.28. The lowest BCUT2D eigenvalue weighted by Crippen LogP contribution is -2.41. The topological polar surface area (TPSA) is 108 Å². The second-order valence-electron chi connectivity index (χ2n) is 8.22. The average molecular weight is 375 g/mol. The molecule has 0 aliphatic heterocycles. The lowest BCUT2D eigenvalue weighted by molar-refractivity contribution is -0.142. The Kier molecular flexibility index (Phi) is 6.46. The lowest BCUT2D eigenvalue weighted by Gasteiger charge is -2.26. The fourth-order valence-corrected chi connectivity index (χ4v) is 2.98. The minimum atomic E-state index is -0.762. The number of carboxylic acids is 1. The summed E-state index contributed by atoms with van der Waals surface area (Å²) >= 11 is 0. The fourth-order valence-electron chi connectivity index (χ4n) is 2.98. The first kappa shape index (κ1) is 20.7. The largest absolute Gasteiger partial charge is 0.481 e. The molecule has 4 N–H and O–H groups in total. The van der Waals surface area contributed by atoms with Crippen molar-refractivity contribution in [3.05, 3.63) is 23.8 Å². The Bertz CT molecular complexity index is 716. The summed E-state index contributed by atoms with van der Waals surface area (Å²) in [6.45, 7) is 7.41. The molecular weight excluding hydrogens is 346 g/mol. The standard InChI is InChI=1S/C20H29N3O4/c1-12-5-8-15(11-16(12)23-18(26)20(2,3)4)22-19(27)21-14-9-6-13(7-10-14)17(24)25/h5,8,11,13-14H,6-7,9-10H2,1-4H3,(H,23,26)(H,24,25)(H2,21,22,27). The van der Waals surface area contributed by atoms with E-state index >= 15 is 0 Å². The molecule has 0 saturated heterocycles. The van der Waals surface area contributed by atoms with Crippen molar-refractivity contribution < 1.29 is 19.5 Å². The minimum Gasteiger partial charge on any atom is -0.481 e. The molecule has 0 spiro atoms. The van der Waals surface area contributed by atoms with Crippen LogP contribution in [-0.2, 0) is 9.59 Å². The Morgan fingerprint density at radius 1 is 1.04 bits per heavy atom. The number of carboxylic acid groups (broad SMARTS) is 1. The van der Waals surface area contributed by atoms with Gasteiger partial charge >= 0.3 is 12.0 Å². The third-order valence-electron chi connectivity index (χ3n) is 4.84. The van der Waals surface area contributed by atoms with Crippen molar-refractivity contribution in [3.8, 4) is 0 Å². The van der Waals surface area contributed by atoms with Crippen LogP contribution < -0.4 is 16.0 Å². The predicted molar refractivity (Wildman–Crippen MR) is 105 cm³/mol. The number of anilines is 2. The number of benzene rings is 1. The number of amides is 3. The molecule has 1 aromatic rings. The van der Waals surface area contributed by atoms with Gasteiger partial charge in [0.05, 0.1) is 5.92 Å². The third kappa shape index (κ3) is 5.98. The highest BCUT2D eigenvalue weighted by Crippen LogP contribution is 2.25. The normalized spacial score (nSPS) is 19.9. The maximum absolute atomic E-state index is 12.2. The van der Waals surface area contributed by atoms with E-state index < -0.39 is 11.4 Å². The smallest absolute Gasteiger partial charge is 0.319 e. The molecule has 0 heterocycles. The molecule has 0 aromatic heterocycles. The molecule has 148 valence electrons. The van der Waals surface area contributed by atoms with E-state index in [-0.39, 0.29) is 23.9 Å². The number of carbonyl (C=O) groups excluding carboxylic acids is 2. The van der Waals surface area contributed by atoms with Gasteiger partial charge in [0.25, 0.3) is 0 Å². The van der Waals surface area contributed by atoms with Gasteiger partial charge in [0.15, 0.2) is 0 Å². The highest BCUT2D eigenvalue weighted by atomic mass is 16.4. The molecule has 7 heteroatoms. The molecule has 0 radical (unpaired) electrons. The minimum absolute atomic E-state index is 0.0221. The van der Waals surface area contributed by atoms with Crippen molar-refractivity contribution in [1.29, 1.82) is 0 Å². The highest BCUT2D eigenvalue weighted by molar-refractivity contribution is 5.96. The van der Waals surface area contributed by atoms with E-state index in [0.29, 0.717) is 37.1 Å². The molecule has 0 unspecified atom stereocenters. The van der Waals surface area contributed by atoms with Gasteiger partial charge in [-0.25, -0.2) is 4.79 Å². The number of carbonyl (C=O) groups is 3. The summed E-state index contributed by atoms with van der Waals surface area (Å²) in [7, 11) is 0. The Balaban J connectivity index is 1.93. The first-order valence-electron chi connectivity index (χ1n) is 9.28. The Morgan fingerprint density at radius 2 is 1.67 bits per heavy atom. The van der Waals surface area contributed by atoms with Gasteiger partial charge in [-0.2, -0.15) is 0 Å². The first-order chi connectivity index (χ1) is 12.6. The van der Waals surface area contributed by atoms with E-state index in [4.69, 9.17) is 5.11 Å². The maximum atomic E-state index is 12.2. The van der Waals surface area contributed by atoms with E-state index in [1.54, 1.807) is 12.1 Å². The third-order valence-corrected chi connectivity index (χ3v) is 4.84. The van der Waals surface area contributed by atoms with Gasteiger partial charge in [0.2, 0.25) is 5.91 Å². The summed E-state index contributed by atoms with van der Waals surface area (Å²) < 4.78 is 0. The molecule has 1 aliphatic rings. The number of urea groups is 1. The van der Waals surface area contributed by atoms with Gasteiger partial charge in [0, 0.05) is 22.8 Å². The number of hydrogen-bond donors (Lipinski definition) is 4. The maximum Gasteiger partial charge on any atom is 0.319 e. The van der Waals surface area contributed by atoms with E-state index in [0.717, 1.165) is 5.56 Å². The molecule has 1 saturated carbocycles. The molecule has 1 aliphatic carbocycles. The number of rotatable bonds is 4. The van der Waals surface area contributed by atoms with Crippen LogP contribution in [0.3, 0.4) is 0 Å². The second kappa shape index (κ2) is 8.41. The zero-order chi connectivity index (χ0) is 20.2. The Hall–Kier alpha value is -2.57. The van der Waals surface area contributed by atoms with E-state index in [2.05, 4.69) is 16.0 Å². The van der Waals surface area contributed by atoms with Crippen LogP contribution in [0.25, 0.3) is 0 Å². The van der Waals surface area contributed by atoms with Crippen LogP contribution in [0.2, 0.25) is 0 Å². The van der Waals surface area contributed by atoms with Gasteiger partial charge in [-0.05, 0) is 50.3 Å². The van der Waals surface area contributed by atoms with Crippen LogP contribution in [0.5, 0.6) is 0 Å². The zero-order valence-electron chi connectivity index (χ0n) is 16.4. The van der Waals surface area contributed by atoms with Gasteiger partial charge in [-0.3, -0.25) is 9.59 Å². The molecule has 27 heavy (non-hydrogen) atoms. The van der Waals surface area contributed by atoms with E-state index in [1.165, 1.54) is 0 Å². The molecule has 1 aromatic carbocycles. The van der Waals surface area contributed by atoms with Crippen molar-refractivity contribution in [2.75, 3.05) is 10.6 Å². The van der Waals surface area contributed by atoms with Crippen LogP contribution in [-0.4, -0.2) is 29.1 Å². The van der Waals surface area contributed by atoms with E-state index in [9.17, 15) is 14.4 Å². The van der Waals surface area contributed by atoms with Crippen LogP contribution in [0.1, 0.15) is 52.0 Å². The second-order valence-corrected chi connectivity index (χ2v) is 8.22. The summed E-state index contributed by atoms with van der Waals surface area (Å²) in [5, 5.41) is 17.6. The molecule has 0 atom stereocenters. The monoisotopic (exact) mass is 375 g/mol. The summed E-state index contributed by atoms with van der Waals surface area (Å²) in [5.41, 5.74) is 1.64. The summed E-state index contributed by atoms with van der Waals surface area (Å²) in [5.74, 6) is -1.16. The fraction of sp³-hybridized carbons (Fsp3) is 0.550. The van der Waals surface area contributed by atoms with Crippen LogP contribution in [0.15, 0.2) is 18.2 Å². The summed E-state index contributed by atoms with van der Waals surface area (Å²) in [6, 6.07) is 5.01. The Labute approximate surface area is 159 Å². The number of aryl methyl sites for hydroxylation is 1. The van der Waals surface area contributed by atoms with Gasteiger partial charge in [0.1, 0.15) is 0 Å². The van der Waals surface area contributed by atoms with Crippen molar-refractivity contribution in [3.63, 3.8) is 0 Å². The predicted octanol–water partition coefficient (Wildman–Crippen LogP) is 3.74. The van der Waals surface area contributed by atoms with Crippen molar-refractivity contribution in [2.24, 2.45) is 11.3 Å². The number of hydrogen-bond acceptors (Lipinski definition) is 3. The van der Waals surface area contributed by atoms with Crippen molar-refractivity contribution in [1.82, 2.24) is 5.32 Å². The van der Waals surface area contributed by atoms with Crippen molar-refractivity contribution in [2.45, 2.75) is 59.4 Å². The van der Waals surface area contributed by atoms with E-state index in [1.807, 2.05) is 33.8 Å². The zero-order valence-corrected chi connectivity index (χ0v) is 16.4. The molecule has 2 rings (SSSR count). The lowest BCUT2D eigenvalue weighted by atomic mass is 9.86. The molecular formula is C20H29N3O4. The SMILES string of the molecule is Cc1ccc(NC(=O)NC2CCC(C(=O)O)CC2)cc1NC(=O)C(C)(C)C. The van der Waals surface area contributed by atoms with Crippen molar-refractivity contribution >= 4 is 29.3 Å². The van der Waals surface area contributed by atoms with Crippen LogP contribution >= 0.6 is 0 Å². The quantitative estimate of drug-likeness (QED) is 0.643.